The molecule has 0 fully saturated rings. The lowest BCUT2D eigenvalue weighted by atomic mass is 10.5. The number of primary sulfonamides is 1. The summed E-state index contributed by atoms with van der Waals surface area (Å²) in [6.45, 7) is 0.792. The van der Waals surface area contributed by atoms with Crippen molar-refractivity contribution in [1.29, 1.82) is 0 Å². The number of nitrogens with zero attached hydrogens (tertiary/aromatic N) is 1. The van der Waals surface area contributed by atoms with E-state index in [1.165, 1.54) is 12.3 Å². The lowest BCUT2D eigenvalue weighted by molar-refractivity contribution is 0.597. The minimum Gasteiger partial charge on any atom is -0.353 e. The van der Waals surface area contributed by atoms with Gasteiger partial charge in [0.25, 0.3) is 0 Å². The summed E-state index contributed by atoms with van der Waals surface area (Å²) in [7, 11) is -3.54. The van der Waals surface area contributed by atoms with E-state index in [9.17, 15) is 8.42 Å². The van der Waals surface area contributed by atoms with Crippen LogP contribution in [0.5, 0.6) is 0 Å². The first-order chi connectivity index (χ1) is 6.04. The van der Waals surface area contributed by atoms with Gasteiger partial charge in [0.1, 0.15) is 0 Å². The topological polar surface area (TPSA) is 65.1 Å². The van der Waals surface area contributed by atoms with Crippen molar-refractivity contribution >= 4 is 26.0 Å². The third-order valence-electron chi connectivity index (χ3n) is 1.60. The van der Waals surface area contributed by atoms with E-state index in [-0.39, 0.29) is 4.90 Å². The van der Waals surface area contributed by atoms with Crippen molar-refractivity contribution in [2.45, 2.75) is 17.9 Å². The third kappa shape index (κ3) is 3.13. The normalized spacial score (nSPS) is 11.8. The Labute approximate surface area is 85.9 Å². The van der Waals surface area contributed by atoms with Crippen molar-refractivity contribution in [3.05, 3.63) is 18.5 Å². The Morgan fingerprint density at radius 2 is 2.23 bits per heavy atom. The van der Waals surface area contributed by atoms with Crippen molar-refractivity contribution in [2.24, 2.45) is 5.14 Å². The minimum atomic E-state index is -3.54. The van der Waals surface area contributed by atoms with Gasteiger partial charge in [0.05, 0.1) is 4.90 Å². The first-order valence-electron chi connectivity index (χ1n) is 3.78. The van der Waals surface area contributed by atoms with Gasteiger partial charge in [-0.1, -0.05) is 15.9 Å². The second kappa shape index (κ2) is 4.26. The van der Waals surface area contributed by atoms with Crippen LogP contribution in [0.1, 0.15) is 6.42 Å². The van der Waals surface area contributed by atoms with Crippen LogP contribution < -0.4 is 5.14 Å². The molecule has 1 aromatic rings. The van der Waals surface area contributed by atoms with E-state index in [0.29, 0.717) is 0 Å². The summed E-state index contributed by atoms with van der Waals surface area (Å²) < 4.78 is 23.6. The molecule has 0 atom stereocenters. The van der Waals surface area contributed by atoms with E-state index in [1.54, 1.807) is 10.8 Å². The van der Waals surface area contributed by atoms with Crippen molar-refractivity contribution in [3.63, 3.8) is 0 Å². The van der Waals surface area contributed by atoms with Gasteiger partial charge in [-0.05, 0) is 12.5 Å². The molecule has 13 heavy (non-hydrogen) atoms. The maximum Gasteiger partial charge on any atom is 0.239 e. The highest BCUT2D eigenvalue weighted by Gasteiger charge is 2.08. The molecule has 1 aromatic heterocycles. The van der Waals surface area contributed by atoms with Gasteiger partial charge in [-0.25, -0.2) is 13.6 Å². The largest absolute Gasteiger partial charge is 0.353 e. The Morgan fingerprint density at radius 3 is 2.69 bits per heavy atom. The standard InChI is InChI=1S/C7H11BrN2O2S/c8-3-1-4-10-5-2-7(6-10)13(9,11)12/h2,5-6H,1,3-4H2,(H2,9,11,12). The van der Waals surface area contributed by atoms with Gasteiger partial charge < -0.3 is 4.57 Å². The molecule has 1 heterocycles. The Balaban J connectivity index is 2.76. The number of hydrogen-bond donors (Lipinski definition) is 1. The molecule has 0 aliphatic heterocycles. The molecule has 0 aromatic carbocycles. The number of rotatable bonds is 4. The lowest BCUT2D eigenvalue weighted by Gasteiger charge is -1.98. The first-order valence-corrected chi connectivity index (χ1v) is 6.45. The van der Waals surface area contributed by atoms with Crippen LogP contribution in [0.2, 0.25) is 0 Å². The Bertz CT molecular complexity index is 372. The molecule has 0 saturated carbocycles. The Morgan fingerprint density at radius 1 is 1.54 bits per heavy atom. The molecule has 1 rings (SSSR count). The molecule has 0 saturated heterocycles. The van der Waals surface area contributed by atoms with Gasteiger partial charge in [-0.15, -0.1) is 0 Å². The number of alkyl halides is 1. The van der Waals surface area contributed by atoms with Crippen LogP contribution in [0.4, 0.5) is 0 Å². The van der Waals surface area contributed by atoms with Gasteiger partial charge in [-0.2, -0.15) is 0 Å². The number of hydrogen-bond acceptors (Lipinski definition) is 2. The maximum atomic E-state index is 10.9. The fourth-order valence-corrected chi connectivity index (χ4v) is 1.75. The molecular weight excluding hydrogens is 256 g/mol. The molecule has 6 heteroatoms. The molecular formula is C7H11BrN2O2S. The van der Waals surface area contributed by atoms with E-state index in [1.807, 2.05) is 0 Å². The quantitative estimate of drug-likeness (QED) is 0.824. The van der Waals surface area contributed by atoms with E-state index in [4.69, 9.17) is 5.14 Å². The smallest absolute Gasteiger partial charge is 0.239 e. The highest BCUT2D eigenvalue weighted by Crippen LogP contribution is 2.07. The molecule has 0 radical (unpaired) electrons. The summed E-state index contributed by atoms with van der Waals surface area (Å²) in [5.41, 5.74) is 0. The van der Waals surface area contributed by atoms with Gasteiger partial charge in [0.15, 0.2) is 0 Å². The summed E-state index contributed by atoms with van der Waals surface area (Å²) in [5, 5.41) is 5.85. The summed E-state index contributed by atoms with van der Waals surface area (Å²) in [4.78, 5) is 0.169. The molecule has 0 bridgehead atoms. The van der Waals surface area contributed by atoms with E-state index < -0.39 is 10.0 Å². The molecule has 0 amide bonds. The predicted octanol–water partition coefficient (Wildman–Crippen LogP) is 0.921. The second-order valence-electron chi connectivity index (χ2n) is 2.67. The highest BCUT2D eigenvalue weighted by molar-refractivity contribution is 9.09. The van der Waals surface area contributed by atoms with Crippen molar-refractivity contribution in [3.8, 4) is 0 Å². The Kier molecular flexibility index (Phi) is 3.52. The van der Waals surface area contributed by atoms with Crippen LogP contribution in [0.25, 0.3) is 0 Å². The zero-order valence-electron chi connectivity index (χ0n) is 6.98. The zero-order valence-corrected chi connectivity index (χ0v) is 9.38. The molecule has 0 aliphatic carbocycles. The summed E-state index contributed by atoms with van der Waals surface area (Å²) in [5.74, 6) is 0. The highest BCUT2D eigenvalue weighted by atomic mass is 79.9. The molecule has 0 unspecified atom stereocenters. The number of aromatic nitrogens is 1. The fraction of sp³-hybridized carbons (Fsp3) is 0.429. The van der Waals surface area contributed by atoms with E-state index >= 15 is 0 Å². The Hall–Kier alpha value is -0.330. The molecule has 0 spiro atoms. The van der Waals surface area contributed by atoms with Crippen LogP contribution in [-0.2, 0) is 16.6 Å². The van der Waals surface area contributed by atoms with Gasteiger partial charge >= 0.3 is 0 Å². The number of aryl methyl sites for hydroxylation is 1. The van der Waals surface area contributed by atoms with Crippen LogP contribution >= 0.6 is 15.9 Å². The van der Waals surface area contributed by atoms with E-state index in [2.05, 4.69) is 15.9 Å². The monoisotopic (exact) mass is 266 g/mol. The molecule has 74 valence electrons. The first kappa shape index (κ1) is 10.7. The summed E-state index contributed by atoms with van der Waals surface area (Å²) >= 11 is 3.30. The average molecular weight is 267 g/mol. The third-order valence-corrected chi connectivity index (χ3v) is 3.06. The average Bonchev–Trinajstić information content (AvgIpc) is 2.47. The summed E-state index contributed by atoms with van der Waals surface area (Å²) in [6.07, 6.45) is 4.21. The number of nitrogens with two attached hydrogens (primary N) is 1. The number of halogens is 1. The fourth-order valence-electron chi connectivity index (χ4n) is 0.968. The predicted molar refractivity (Wildman–Crippen MR) is 54.2 cm³/mol. The molecule has 4 nitrogen and oxygen atoms in total. The lowest BCUT2D eigenvalue weighted by Crippen LogP contribution is -2.11. The van der Waals surface area contributed by atoms with Crippen molar-refractivity contribution in [2.75, 3.05) is 5.33 Å². The van der Waals surface area contributed by atoms with Crippen molar-refractivity contribution in [1.82, 2.24) is 4.57 Å². The summed E-state index contributed by atoms with van der Waals surface area (Å²) in [6, 6.07) is 1.50. The van der Waals surface area contributed by atoms with Gasteiger partial charge in [0.2, 0.25) is 10.0 Å². The number of sulfonamides is 1. The molecule has 2 N–H and O–H groups in total. The van der Waals surface area contributed by atoms with Crippen LogP contribution in [-0.4, -0.2) is 18.3 Å². The van der Waals surface area contributed by atoms with Crippen molar-refractivity contribution < 1.29 is 8.42 Å². The van der Waals surface area contributed by atoms with Gasteiger partial charge in [-0.3, -0.25) is 0 Å². The minimum absolute atomic E-state index is 0.169. The maximum absolute atomic E-state index is 10.9. The molecule has 0 aliphatic rings. The zero-order chi connectivity index (χ0) is 9.90. The SMILES string of the molecule is NS(=O)(=O)c1ccn(CCCBr)c1. The van der Waals surface area contributed by atoms with Crippen LogP contribution in [0.15, 0.2) is 23.4 Å². The van der Waals surface area contributed by atoms with Crippen LogP contribution in [0.3, 0.4) is 0 Å². The second-order valence-corrected chi connectivity index (χ2v) is 5.03. The van der Waals surface area contributed by atoms with Gasteiger partial charge in [0, 0.05) is 24.3 Å². The van der Waals surface area contributed by atoms with E-state index in [0.717, 1.165) is 18.3 Å². The van der Waals surface area contributed by atoms with Crippen LogP contribution in [0, 0.1) is 0 Å².